The molecule has 2 rings (SSSR count). The first-order valence-electron chi connectivity index (χ1n) is 7.11. The molecule has 0 aromatic heterocycles. The highest BCUT2D eigenvalue weighted by Gasteiger charge is 2.40. The molecule has 0 unspecified atom stereocenters. The van der Waals surface area contributed by atoms with Crippen molar-refractivity contribution in [2.75, 3.05) is 0 Å². The number of benzene rings is 2. The van der Waals surface area contributed by atoms with Crippen LogP contribution in [0.3, 0.4) is 0 Å². The fourth-order valence-corrected chi connectivity index (χ4v) is 2.05. The van der Waals surface area contributed by atoms with E-state index in [2.05, 4.69) is 0 Å². The number of nitrogens with zero attached hydrogens (tertiary/aromatic N) is 1. The maximum atomic E-state index is 12.3. The molecule has 2 aromatic rings. The standard InChI is InChI=1S/C17H15F3N2O2/c18-17(19,20)15(23)21-16(24)22(11-13-7-3-1-4-8-13)12-14-9-5-2-6-10-14/h1-10H,11-12H2,(H,21,23,24). The summed E-state index contributed by atoms with van der Waals surface area (Å²) in [6.45, 7) is 0.152. The first kappa shape index (κ1) is 17.5. The molecule has 0 radical (unpaired) electrons. The van der Waals surface area contributed by atoms with E-state index < -0.39 is 18.1 Å². The van der Waals surface area contributed by atoms with Gasteiger partial charge in [-0.25, -0.2) is 4.79 Å². The number of imide groups is 1. The fraction of sp³-hybridized carbons (Fsp3) is 0.176. The molecule has 0 spiro atoms. The smallest absolute Gasteiger partial charge is 0.316 e. The van der Waals surface area contributed by atoms with Crippen molar-refractivity contribution in [3.05, 3.63) is 71.8 Å². The van der Waals surface area contributed by atoms with E-state index in [4.69, 9.17) is 0 Å². The molecule has 0 atom stereocenters. The lowest BCUT2D eigenvalue weighted by Gasteiger charge is -2.23. The first-order chi connectivity index (χ1) is 11.4. The van der Waals surface area contributed by atoms with E-state index in [1.807, 2.05) is 0 Å². The van der Waals surface area contributed by atoms with Crippen LogP contribution in [0.15, 0.2) is 60.7 Å². The van der Waals surface area contributed by atoms with Crippen LogP contribution in [-0.4, -0.2) is 23.0 Å². The number of rotatable bonds is 4. The topological polar surface area (TPSA) is 49.4 Å². The Balaban J connectivity index is 2.15. The van der Waals surface area contributed by atoms with E-state index >= 15 is 0 Å². The van der Waals surface area contributed by atoms with E-state index in [-0.39, 0.29) is 13.1 Å². The second kappa shape index (κ2) is 7.63. The summed E-state index contributed by atoms with van der Waals surface area (Å²) in [7, 11) is 0. The summed E-state index contributed by atoms with van der Waals surface area (Å²) in [5.41, 5.74) is 1.48. The number of nitrogens with one attached hydrogen (secondary N) is 1. The molecule has 0 heterocycles. The van der Waals surface area contributed by atoms with Gasteiger partial charge in [0.25, 0.3) is 0 Å². The fourth-order valence-electron chi connectivity index (χ4n) is 2.05. The number of amides is 3. The highest BCUT2D eigenvalue weighted by atomic mass is 19.4. The van der Waals surface area contributed by atoms with Crippen LogP contribution in [0.25, 0.3) is 0 Å². The summed E-state index contributed by atoms with van der Waals surface area (Å²) in [6, 6.07) is 16.5. The average molecular weight is 336 g/mol. The molecule has 0 aliphatic heterocycles. The third-order valence-corrected chi connectivity index (χ3v) is 3.20. The van der Waals surface area contributed by atoms with Crippen LogP contribution >= 0.6 is 0 Å². The zero-order valence-corrected chi connectivity index (χ0v) is 12.6. The third kappa shape index (κ3) is 5.12. The Morgan fingerprint density at radius 1 is 0.833 bits per heavy atom. The van der Waals surface area contributed by atoms with Gasteiger partial charge in [-0.2, -0.15) is 13.2 Å². The Hall–Kier alpha value is -2.83. The lowest BCUT2D eigenvalue weighted by atomic mass is 10.2. The van der Waals surface area contributed by atoms with E-state index in [1.54, 1.807) is 60.7 Å². The summed E-state index contributed by atoms with van der Waals surface area (Å²) >= 11 is 0. The second-order valence-corrected chi connectivity index (χ2v) is 5.08. The average Bonchev–Trinajstić information content (AvgIpc) is 2.55. The highest BCUT2D eigenvalue weighted by molar-refractivity contribution is 5.97. The summed E-state index contributed by atoms with van der Waals surface area (Å²) in [6.07, 6.45) is -5.11. The van der Waals surface area contributed by atoms with Crippen molar-refractivity contribution in [1.82, 2.24) is 10.2 Å². The van der Waals surface area contributed by atoms with Crippen molar-refractivity contribution in [3.63, 3.8) is 0 Å². The normalized spacial score (nSPS) is 11.0. The monoisotopic (exact) mass is 336 g/mol. The summed E-state index contributed by atoms with van der Waals surface area (Å²) < 4.78 is 37.0. The lowest BCUT2D eigenvalue weighted by Crippen LogP contribution is -2.47. The SMILES string of the molecule is O=C(NC(=O)C(F)(F)F)N(Cc1ccccc1)Cc1ccccc1. The van der Waals surface area contributed by atoms with Crippen molar-refractivity contribution in [1.29, 1.82) is 0 Å². The molecule has 7 heteroatoms. The Bertz CT molecular complexity index is 646. The second-order valence-electron chi connectivity index (χ2n) is 5.08. The number of carbonyl (C=O) groups excluding carboxylic acids is 2. The van der Waals surface area contributed by atoms with Crippen molar-refractivity contribution in [3.8, 4) is 0 Å². The number of hydrogen-bond acceptors (Lipinski definition) is 2. The molecule has 0 aliphatic rings. The summed E-state index contributed by atoms with van der Waals surface area (Å²) in [4.78, 5) is 24.3. The van der Waals surface area contributed by atoms with Gasteiger partial charge in [-0.15, -0.1) is 0 Å². The zero-order chi connectivity index (χ0) is 17.6. The van der Waals surface area contributed by atoms with Gasteiger partial charge in [0.2, 0.25) is 0 Å². The van der Waals surface area contributed by atoms with Gasteiger partial charge in [-0.05, 0) is 11.1 Å². The van der Waals surface area contributed by atoms with Gasteiger partial charge in [0.15, 0.2) is 0 Å². The van der Waals surface area contributed by atoms with Crippen LogP contribution in [0.2, 0.25) is 0 Å². The lowest BCUT2D eigenvalue weighted by molar-refractivity contribution is -0.172. The Kier molecular flexibility index (Phi) is 5.57. The van der Waals surface area contributed by atoms with Crippen molar-refractivity contribution in [2.45, 2.75) is 19.3 Å². The van der Waals surface area contributed by atoms with Crippen LogP contribution in [0.5, 0.6) is 0 Å². The minimum absolute atomic E-state index is 0.0761. The van der Waals surface area contributed by atoms with Gasteiger partial charge >= 0.3 is 18.1 Å². The predicted octanol–water partition coefficient (Wildman–Crippen LogP) is 3.49. The van der Waals surface area contributed by atoms with Crippen LogP contribution in [0.4, 0.5) is 18.0 Å². The molecule has 0 saturated carbocycles. The van der Waals surface area contributed by atoms with Crippen LogP contribution in [0.1, 0.15) is 11.1 Å². The van der Waals surface area contributed by atoms with Gasteiger partial charge in [0, 0.05) is 13.1 Å². The van der Waals surface area contributed by atoms with Gasteiger partial charge in [0.1, 0.15) is 0 Å². The number of hydrogen-bond donors (Lipinski definition) is 1. The first-order valence-corrected chi connectivity index (χ1v) is 7.11. The summed E-state index contributed by atoms with van der Waals surface area (Å²) in [5, 5.41) is 1.38. The van der Waals surface area contributed by atoms with E-state index in [0.29, 0.717) is 0 Å². The Morgan fingerprint density at radius 3 is 1.62 bits per heavy atom. The van der Waals surface area contributed by atoms with Crippen LogP contribution in [-0.2, 0) is 17.9 Å². The largest absolute Gasteiger partial charge is 0.471 e. The Labute approximate surface area is 136 Å². The predicted molar refractivity (Wildman–Crippen MR) is 81.7 cm³/mol. The van der Waals surface area contributed by atoms with Gasteiger partial charge < -0.3 is 4.90 Å². The molecule has 0 bridgehead atoms. The molecule has 0 aliphatic carbocycles. The van der Waals surface area contributed by atoms with Crippen LogP contribution in [0, 0.1) is 0 Å². The van der Waals surface area contributed by atoms with Crippen LogP contribution < -0.4 is 5.32 Å². The Morgan fingerprint density at radius 2 is 1.25 bits per heavy atom. The van der Waals surface area contributed by atoms with E-state index in [0.717, 1.165) is 16.0 Å². The van der Waals surface area contributed by atoms with Crippen molar-refractivity contribution < 1.29 is 22.8 Å². The van der Waals surface area contributed by atoms with Gasteiger partial charge in [-0.3, -0.25) is 10.1 Å². The number of halogens is 3. The minimum Gasteiger partial charge on any atom is -0.316 e. The van der Waals surface area contributed by atoms with Crippen molar-refractivity contribution >= 4 is 11.9 Å². The zero-order valence-electron chi connectivity index (χ0n) is 12.6. The molecule has 0 fully saturated rings. The molecule has 2 aromatic carbocycles. The van der Waals surface area contributed by atoms with Crippen molar-refractivity contribution in [2.24, 2.45) is 0 Å². The molecule has 0 saturated heterocycles. The summed E-state index contributed by atoms with van der Waals surface area (Å²) in [5.74, 6) is -2.28. The third-order valence-electron chi connectivity index (χ3n) is 3.20. The molecular weight excluding hydrogens is 321 g/mol. The minimum atomic E-state index is -5.11. The molecule has 1 N–H and O–H groups in total. The number of alkyl halides is 3. The van der Waals surface area contributed by atoms with Gasteiger partial charge in [0.05, 0.1) is 0 Å². The molecule has 4 nitrogen and oxygen atoms in total. The molecule has 3 amide bonds. The quantitative estimate of drug-likeness (QED) is 0.929. The molecule has 126 valence electrons. The number of urea groups is 1. The highest BCUT2D eigenvalue weighted by Crippen LogP contribution is 2.15. The maximum absolute atomic E-state index is 12.3. The van der Waals surface area contributed by atoms with E-state index in [9.17, 15) is 22.8 Å². The number of carbonyl (C=O) groups is 2. The molecule has 24 heavy (non-hydrogen) atoms. The molecular formula is C17H15F3N2O2. The maximum Gasteiger partial charge on any atom is 0.471 e. The van der Waals surface area contributed by atoms with Gasteiger partial charge in [-0.1, -0.05) is 60.7 Å². The van der Waals surface area contributed by atoms with E-state index in [1.165, 1.54) is 5.32 Å².